The second-order valence-electron chi connectivity index (χ2n) is 5.01. The first-order valence-corrected chi connectivity index (χ1v) is 8.38. The summed E-state index contributed by atoms with van der Waals surface area (Å²) in [5.74, 6) is 0. The number of rotatable bonds is 8. The summed E-state index contributed by atoms with van der Waals surface area (Å²) in [6.07, 6.45) is 0. The molecule has 0 spiro atoms. The molecule has 0 N–H and O–H groups in total. The maximum absolute atomic E-state index is 12.9. The highest BCUT2D eigenvalue weighted by atomic mass is 32.2. The van der Waals surface area contributed by atoms with Crippen LogP contribution < -0.4 is 11.2 Å². The van der Waals surface area contributed by atoms with Gasteiger partial charge in [-0.15, -0.1) is 0 Å². The van der Waals surface area contributed by atoms with Crippen LogP contribution in [-0.2, 0) is 33.6 Å². The van der Waals surface area contributed by atoms with E-state index in [1.54, 1.807) is 0 Å². The Hall–Kier alpha value is -1.49. The van der Waals surface area contributed by atoms with Crippen molar-refractivity contribution in [2.45, 2.75) is 11.8 Å². The molecule has 0 radical (unpaired) electrons. The predicted octanol–water partition coefficient (Wildman–Crippen LogP) is -1.32. The van der Waals surface area contributed by atoms with E-state index in [0.29, 0.717) is 0 Å². The summed E-state index contributed by atoms with van der Waals surface area (Å²) in [5.41, 5.74) is -1.32. The standard InChI is InChI=1S/C13H23N3O6S/c1-10-11(12(17)15(3)13(18)14(10)2)23(19,20)16(6-8-21-4)7-9-22-5/h6-9H2,1-5H3. The lowest BCUT2D eigenvalue weighted by Gasteiger charge is -2.23. The molecule has 0 amide bonds. The van der Waals surface area contributed by atoms with E-state index in [9.17, 15) is 18.0 Å². The van der Waals surface area contributed by atoms with Crippen LogP contribution in [0.4, 0.5) is 0 Å². The Kier molecular flexibility index (Phi) is 6.69. The molecule has 0 atom stereocenters. The third-order valence-corrected chi connectivity index (χ3v) is 5.62. The van der Waals surface area contributed by atoms with Gasteiger partial charge in [-0.25, -0.2) is 13.2 Å². The van der Waals surface area contributed by atoms with Crippen molar-refractivity contribution < 1.29 is 17.9 Å². The lowest BCUT2D eigenvalue weighted by Crippen LogP contribution is -2.45. The van der Waals surface area contributed by atoms with Crippen LogP contribution in [0.3, 0.4) is 0 Å². The van der Waals surface area contributed by atoms with E-state index in [1.807, 2.05) is 0 Å². The van der Waals surface area contributed by atoms with Crippen molar-refractivity contribution in [2.24, 2.45) is 14.1 Å². The fourth-order valence-corrected chi connectivity index (χ4v) is 3.84. The van der Waals surface area contributed by atoms with Gasteiger partial charge >= 0.3 is 5.69 Å². The van der Waals surface area contributed by atoms with Gasteiger partial charge in [0.2, 0.25) is 10.0 Å². The Morgan fingerprint density at radius 3 is 1.91 bits per heavy atom. The number of sulfonamides is 1. The SMILES string of the molecule is COCCN(CCOC)S(=O)(=O)c1c(C)n(C)c(=O)n(C)c1=O. The summed E-state index contributed by atoms with van der Waals surface area (Å²) < 4.78 is 38.7. The number of ether oxygens (including phenoxy) is 2. The van der Waals surface area contributed by atoms with Gasteiger partial charge in [0, 0.05) is 47.1 Å². The largest absolute Gasteiger partial charge is 0.383 e. The quantitative estimate of drug-likeness (QED) is 0.577. The van der Waals surface area contributed by atoms with Crippen LogP contribution in [0.5, 0.6) is 0 Å². The fraction of sp³-hybridized carbons (Fsp3) is 0.692. The third kappa shape index (κ3) is 3.89. The maximum Gasteiger partial charge on any atom is 0.330 e. The van der Waals surface area contributed by atoms with Crippen molar-refractivity contribution in [2.75, 3.05) is 40.5 Å². The molecule has 0 fully saturated rings. The molecular weight excluding hydrogens is 326 g/mol. The van der Waals surface area contributed by atoms with E-state index >= 15 is 0 Å². The molecule has 10 heteroatoms. The molecule has 1 heterocycles. The van der Waals surface area contributed by atoms with E-state index in [4.69, 9.17) is 9.47 Å². The van der Waals surface area contributed by atoms with Crippen molar-refractivity contribution in [3.63, 3.8) is 0 Å². The van der Waals surface area contributed by atoms with E-state index in [-0.39, 0.29) is 32.0 Å². The molecular formula is C13H23N3O6S. The zero-order valence-electron chi connectivity index (χ0n) is 14.0. The zero-order valence-corrected chi connectivity index (χ0v) is 14.8. The van der Waals surface area contributed by atoms with E-state index in [0.717, 1.165) is 13.4 Å². The van der Waals surface area contributed by atoms with Crippen molar-refractivity contribution in [3.8, 4) is 0 Å². The first-order chi connectivity index (χ1) is 10.7. The van der Waals surface area contributed by atoms with Crippen LogP contribution in [0.25, 0.3) is 0 Å². The summed E-state index contributed by atoms with van der Waals surface area (Å²) in [6, 6.07) is 0. The molecule has 0 saturated heterocycles. The highest BCUT2D eigenvalue weighted by Crippen LogP contribution is 2.14. The summed E-state index contributed by atoms with van der Waals surface area (Å²) in [7, 11) is 1.49. The average molecular weight is 349 g/mol. The predicted molar refractivity (Wildman–Crippen MR) is 84.2 cm³/mol. The monoisotopic (exact) mass is 349 g/mol. The Morgan fingerprint density at radius 1 is 1.00 bits per heavy atom. The van der Waals surface area contributed by atoms with Crippen LogP contribution >= 0.6 is 0 Å². The first kappa shape index (κ1) is 19.6. The molecule has 0 aromatic carbocycles. The van der Waals surface area contributed by atoms with E-state index < -0.39 is 26.2 Å². The summed E-state index contributed by atoms with van der Waals surface area (Å²) >= 11 is 0. The molecule has 0 unspecified atom stereocenters. The number of hydrogen-bond donors (Lipinski definition) is 0. The minimum absolute atomic E-state index is 0.0770. The maximum atomic E-state index is 12.9. The molecule has 132 valence electrons. The van der Waals surface area contributed by atoms with Gasteiger partial charge in [-0.2, -0.15) is 4.31 Å². The van der Waals surface area contributed by atoms with Gasteiger partial charge in [0.05, 0.1) is 13.2 Å². The highest BCUT2D eigenvalue weighted by molar-refractivity contribution is 7.89. The Bertz CT molecular complexity index is 757. The van der Waals surface area contributed by atoms with Crippen LogP contribution in [0.15, 0.2) is 14.5 Å². The number of nitrogens with zero attached hydrogens (tertiary/aromatic N) is 3. The second-order valence-corrected chi connectivity index (χ2v) is 6.88. The Balaban J connectivity index is 3.52. The van der Waals surface area contributed by atoms with Gasteiger partial charge < -0.3 is 9.47 Å². The minimum atomic E-state index is -4.09. The lowest BCUT2D eigenvalue weighted by atomic mass is 10.4. The lowest BCUT2D eigenvalue weighted by molar-refractivity contribution is 0.150. The first-order valence-electron chi connectivity index (χ1n) is 6.94. The molecule has 0 bridgehead atoms. The molecule has 0 aliphatic rings. The van der Waals surface area contributed by atoms with Gasteiger partial charge in [-0.05, 0) is 6.92 Å². The Morgan fingerprint density at radius 2 is 1.48 bits per heavy atom. The molecule has 1 aromatic rings. The van der Waals surface area contributed by atoms with Crippen molar-refractivity contribution in [3.05, 3.63) is 26.5 Å². The van der Waals surface area contributed by atoms with Crippen LogP contribution in [0.2, 0.25) is 0 Å². The molecule has 9 nitrogen and oxygen atoms in total. The number of methoxy groups -OCH3 is 2. The van der Waals surface area contributed by atoms with Gasteiger partial charge in [0.1, 0.15) is 0 Å². The summed E-state index contributed by atoms with van der Waals surface area (Å²) in [5, 5.41) is 0. The highest BCUT2D eigenvalue weighted by Gasteiger charge is 2.31. The van der Waals surface area contributed by atoms with E-state index in [2.05, 4.69) is 0 Å². The molecule has 0 aliphatic carbocycles. The van der Waals surface area contributed by atoms with Gasteiger partial charge in [0.15, 0.2) is 4.90 Å². The topological polar surface area (TPSA) is 99.8 Å². The average Bonchev–Trinajstić information content (AvgIpc) is 2.50. The number of aromatic nitrogens is 2. The van der Waals surface area contributed by atoms with Crippen molar-refractivity contribution in [1.82, 2.24) is 13.4 Å². The van der Waals surface area contributed by atoms with Gasteiger partial charge in [0.25, 0.3) is 5.56 Å². The van der Waals surface area contributed by atoms with Gasteiger partial charge in [-0.1, -0.05) is 0 Å². The third-order valence-electron chi connectivity index (χ3n) is 3.59. The van der Waals surface area contributed by atoms with E-state index in [1.165, 1.54) is 35.2 Å². The summed E-state index contributed by atoms with van der Waals surface area (Å²) in [4.78, 5) is 23.8. The molecule has 1 rings (SSSR count). The van der Waals surface area contributed by atoms with Crippen molar-refractivity contribution >= 4 is 10.0 Å². The second kappa shape index (κ2) is 7.86. The number of hydrogen-bond acceptors (Lipinski definition) is 6. The minimum Gasteiger partial charge on any atom is -0.383 e. The summed E-state index contributed by atoms with van der Waals surface area (Å²) in [6.45, 7) is 1.93. The van der Waals surface area contributed by atoms with Crippen LogP contribution in [-0.4, -0.2) is 62.4 Å². The molecule has 1 aromatic heterocycles. The fourth-order valence-electron chi connectivity index (χ4n) is 2.08. The normalized spacial score (nSPS) is 12.1. The van der Waals surface area contributed by atoms with Gasteiger partial charge in [-0.3, -0.25) is 13.9 Å². The molecule has 0 aliphatic heterocycles. The smallest absolute Gasteiger partial charge is 0.330 e. The van der Waals surface area contributed by atoms with Crippen molar-refractivity contribution in [1.29, 1.82) is 0 Å². The van der Waals surface area contributed by atoms with Crippen LogP contribution in [0, 0.1) is 6.92 Å². The molecule has 23 heavy (non-hydrogen) atoms. The zero-order chi connectivity index (χ0) is 17.8. The van der Waals surface area contributed by atoms with Crippen LogP contribution in [0.1, 0.15) is 5.69 Å². The Labute approximate surface area is 135 Å². The molecule has 0 saturated carbocycles.